The quantitative estimate of drug-likeness (QED) is 0.0655. The number of phenolic OH excluding ortho intramolecular Hbond substituents is 2. The van der Waals surface area contributed by atoms with Gasteiger partial charge in [0.25, 0.3) is 0 Å². The molecule has 0 aliphatic carbocycles. The second-order valence-corrected chi connectivity index (χ2v) is 20.1. The first kappa shape index (κ1) is 60.7. The molecular formula is C52H74Cl2O18. The summed E-state index contributed by atoms with van der Waals surface area (Å²) < 4.78 is 47.5. The fraction of sp³-hybridized carbons (Fsp3) is 0.635. The summed E-state index contributed by atoms with van der Waals surface area (Å²) >= 11 is 12.3. The van der Waals surface area contributed by atoms with Crippen molar-refractivity contribution in [2.24, 2.45) is 11.8 Å². The van der Waals surface area contributed by atoms with Crippen molar-refractivity contribution in [2.45, 2.75) is 187 Å². The molecule has 20 heteroatoms. The summed E-state index contributed by atoms with van der Waals surface area (Å²) in [7, 11) is 1.26. The number of rotatable bonds is 13. The number of esters is 3. The van der Waals surface area contributed by atoms with Crippen LogP contribution in [0.5, 0.6) is 11.5 Å². The van der Waals surface area contributed by atoms with E-state index in [0.717, 1.165) is 0 Å². The normalized spacial score (nSPS) is 34.8. The zero-order valence-corrected chi connectivity index (χ0v) is 44.5. The smallest absolute Gasteiger partial charge is 0.342 e. The van der Waals surface area contributed by atoms with Crippen LogP contribution >= 0.6 is 23.2 Å². The Bertz CT molecular complexity index is 2220. The van der Waals surface area contributed by atoms with Gasteiger partial charge in [0.2, 0.25) is 0 Å². The number of aromatic hydroxyl groups is 2. The number of carbonyl (C=O) groups is 3. The summed E-state index contributed by atoms with van der Waals surface area (Å²) in [5.74, 6) is -4.78. The average Bonchev–Trinajstić information content (AvgIpc) is 3.32. The molecule has 7 N–H and O–H groups in total. The Morgan fingerprint density at radius 1 is 0.903 bits per heavy atom. The Balaban J connectivity index is 1.61. The van der Waals surface area contributed by atoms with Gasteiger partial charge in [0.15, 0.2) is 36.3 Å². The molecule has 1 aromatic rings. The number of carbonyl (C=O) groups excluding carboxylic acids is 3. The third kappa shape index (κ3) is 14.7. The highest BCUT2D eigenvalue weighted by atomic mass is 35.5. The number of aliphatic hydroxyl groups excluding tert-OH is 5. The van der Waals surface area contributed by atoms with E-state index >= 15 is 0 Å². The average molecular weight is 1060 g/mol. The molecule has 0 radical (unpaired) electrons. The van der Waals surface area contributed by atoms with Crippen LogP contribution in [0.25, 0.3) is 0 Å². The summed E-state index contributed by atoms with van der Waals surface area (Å²) in [5.41, 5.74) is 0.318. The van der Waals surface area contributed by atoms with Gasteiger partial charge in [-0.05, 0) is 90.5 Å². The van der Waals surface area contributed by atoms with Gasteiger partial charge in [0.1, 0.15) is 46.7 Å². The molecule has 2 saturated heterocycles. The number of halogens is 2. The first-order valence-electron chi connectivity index (χ1n) is 24.2. The molecule has 0 bridgehead atoms. The topological polar surface area (TPSA) is 267 Å². The molecule has 3 aliphatic heterocycles. The zero-order chi connectivity index (χ0) is 54.1. The number of aliphatic hydroxyl groups is 5. The van der Waals surface area contributed by atoms with Crippen LogP contribution in [0.2, 0.25) is 10.0 Å². The molecule has 0 amide bonds. The lowest BCUT2D eigenvalue weighted by molar-refractivity contribution is -0.333. The van der Waals surface area contributed by atoms with Crippen molar-refractivity contribution < 1.29 is 88.0 Å². The van der Waals surface area contributed by atoms with Crippen molar-refractivity contribution in [2.75, 3.05) is 13.7 Å². The predicted molar refractivity (Wildman–Crippen MR) is 265 cm³/mol. The Hall–Kier alpha value is -3.89. The zero-order valence-electron chi connectivity index (χ0n) is 43.0. The second-order valence-electron chi connectivity index (χ2n) is 19.4. The van der Waals surface area contributed by atoms with Crippen molar-refractivity contribution in [1.29, 1.82) is 0 Å². The standard InChI is InChI=1S/C52H74Cl2O18/c1-13-30-22-26(6)33(56)18-16-15-17-31(23-66-51-45(65-12)42(61)44(29(9)67-51)69-49(64)35-32(14-2)36(53)39(58)37(54)38(35)57)48(63)68-34(28(8)55)20-19-25(5)21-27(7)43(30)70-50-41(60)40(59)46(52(10,11)72-50)71-47(62)24(3)4/h15-17,19,21-22,24,28-30,33-34,40-46,50-51,55-61H,13-14,18,20,23H2,1-12H3/b16-15+,25-19+,26-22+,27-21+,31-17+/t28?,29-,30?,33?,34?,40-,41+,42+,43+,44-,45+,46+,50?,51-/m1/s1. The third-order valence-electron chi connectivity index (χ3n) is 13.0. The molecule has 1 aromatic carbocycles. The van der Waals surface area contributed by atoms with Gasteiger partial charge in [-0.15, -0.1) is 0 Å². The van der Waals surface area contributed by atoms with E-state index < -0.39 is 144 Å². The highest BCUT2D eigenvalue weighted by Crippen LogP contribution is 2.45. The lowest BCUT2D eigenvalue weighted by Crippen LogP contribution is -2.64. The van der Waals surface area contributed by atoms with Crippen LogP contribution in [-0.2, 0) is 53.9 Å². The van der Waals surface area contributed by atoms with Crippen LogP contribution in [0, 0.1) is 11.8 Å². The van der Waals surface area contributed by atoms with Gasteiger partial charge < -0.3 is 73.6 Å². The first-order valence-corrected chi connectivity index (χ1v) is 24.9. The molecular weight excluding hydrogens is 983 g/mol. The van der Waals surface area contributed by atoms with Gasteiger partial charge >= 0.3 is 17.9 Å². The lowest BCUT2D eigenvalue weighted by atomic mass is 9.88. The van der Waals surface area contributed by atoms with E-state index in [1.54, 1.807) is 53.7 Å². The molecule has 72 heavy (non-hydrogen) atoms. The molecule has 2 fully saturated rings. The van der Waals surface area contributed by atoms with Crippen molar-refractivity contribution in [3.63, 3.8) is 0 Å². The van der Waals surface area contributed by atoms with Crippen LogP contribution in [0.15, 0.2) is 58.7 Å². The highest BCUT2D eigenvalue weighted by molar-refractivity contribution is 6.39. The number of ether oxygens (including phenoxy) is 8. The van der Waals surface area contributed by atoms with E-state index in [9.17, 15) is 50.1 Å². The van der Waals surface area contributed by atoms with Crippen LogP contribution in [0.3, 0.4) is 0 Å². The van der Waals surface area contributed by atoms with Crippen molar-refractivity contribution >= 4 is 41.1 Å². The molecule has 0 saturated carbocycles. The molecule has 0 aromatic heterocycles. The lowest BCUT2D eigenvalue weighted by Gasteiger charge is -2.47. The van der Waals surface area contributed by atoms with E-state index in [0.29, 0.717) is 23.1 Å². The van der Waals surface area contributed by atoms with Gasteiger partial charge in [-0.3, -0.25) is 4.79 Å². The summed E-state index contributed by atoms with van der Waals surface area (Å²) in [6, 6.07) is 0. The maximum atomic E-state index is 13.9. The monoisotopic (exact) mass is 1060 g/mol. The number of cyclic esters (lactones) is 1. The van der Waals surface area contributed by atoms with Gasteiger partial charge in [-0.2, -0.15) is 0 Å². The number of hydrogen-bond acceptors (Lipinski definition) is 18. The number of benzene rings is 1. The number of methoxy groups -OCH3 is 1. The minimum absolute atomic E-state index is 0.0372. The van der Waals surface area contributed by atoms with E-state index in [-0.39, 0.29) is 35.4 Å². The molecule has 404 valence electrons. The summed E-state index contributed by atoms with van der Waals surface area (Å²) in [6.07, 6.45) is -5.45. The summed E-state index contributed by atoms with van der Waals surface area (Å²) in [5, 5.41) is 76.5. The Morgan fingerprint density at radius 2 is 1.57 bits per heavy atom. The van der Waals surface area contributed by atoms with E-state index in [1.807, 2.05) is 32.9 Å². The van der Waals surface area contributed by atoms with E-state index in [4.69, 9.17) is 61.1 Å². The van der Waals surface area contributed by atoms with Crippen LogP contribution < -0.4 is 0 Å². The number of hydrogen-bond donors (Lipinski definition) is 7. The SMILES string of the molecule is CCc1c(Cl)c(O)c(Cl)c(O)c1C(=O)O[C@H]1[C@H](O)[C@H](OC)[C@H](OC/C2=C\C=C\CC(O)/C(C)=C/C(CC)[C@@H](OC3OC(C)(C)[C@@H](OC(=O)C(C)C)[C@H](O)[C@@H]3O)/C(C)=C/C(C)=C/CC(C(C)O)OC2=O)O[C@@H]1C. The fourth-order valence-corrected chi connectivity index (χ4v) is 9.16. The fourth-order valence-electron chi connectivity index (χ4n) is 8.60. The first-order chi connectivity index (χ1) is 33.7. The van der Waals surface area contributed by atoms with Gasteiger partial charge in [0.05, 0.1) is 47.5 Å². The van der Waals surface area contributed by atoms with E-state index in [2.05, 4.69) is 0 Å². The van der Waals surface area contributed by atoms with Crippen molar-refractivity contribution in [3.05, 3.63) is 79.9 Å². The van der Waals surface area contributed by atoms with E-state index in [1.165, 1.54) is 33.1 Å². The molecule has 4 rings (SSSR count). The van der Waals surface area contributed by atoms with Gasteiger partial charge in [-0.25, -0.2) is 9.59 Å². The maximum Gasteiger partial charge on any atom is 0.342 e. The Labute approximate surface area is 431 Å². The van der Waals surface area contributed by atoms with Crippen LogP contribution in [0.4, 0.5) is 0 Å². The minimum Gasteiger partial charge on any atom is -0.505 e. The Kier molecular flexibility index (Phi) is 22.4. The van der Waals surface area contributed by atoms with Crippen molar-refractivity contribution in [1.82, 2.24) is 0 Å². The molecule has 0 spiro atoms. The summed E-state index contributed by atoms with van der Waals surface area (Å²) in [6.45, 7) is 18.1. The maximum absolute atomic E-state index is 13.9. The molecule has 3 heterocycles. The highest BCUT2D eigenvalue weighted by Gasteiger charge is 2.53. The summed E-state index contributed by atoms with van der Waals surface area (Å²) in [4.78, 5) is 40.0. The minimum atomic E-state index is -1.61. The predicted octanol–water partition coefficient (Wildman–Crippen LogP) is 6.23. The van der Waals surface area contributed by atoms with Gasteiger partial charge in [0, 0.05) is 19.4 Å². The molecule has 5 unspecified atom stereocenters. The van der Waals surface area contributed by atoms with Crippen LogP contribution in [-0.4, -0.2) is 153 Å². The molecule has 18 nitrogen and oxygen atoms in total. The largest absolute Gasteiger partial charge is 0.505 e. The molecule has 3 aliphatic rings. The van der Waals surface area contributed by atoms with Crippen molar-refractivity contribution in [3.8, 4) is 11.5 Å². The molecule has 14 atom stereocenters. The third-order valence-corrected chi connectivity index (χ3v) is 13.8. The number of allylic oxidation sites excluding steroid dienone is 4. The Morgan fingerprint density at radius 3 is 2.17 bits per heavy atom. The van der Waals surface area contributed by atoms with Crippen LogP contribution in [0.1, 0.15) is 111 Å². The number of phenols is 2. The second kappa shape index (κ2) is 26.5. The van der Waals surface area contributed by atoms with Gasteiger partial charge in [-0.1, -0.05) is 86.9 Å².